The van der Waals surface area contributed by atoms with E-state index in [9.17, 15) is 0 Å². The van der Waals surface area contributed by atoms with Crippen LogP contribution in [0.3, 0.4) is 0 Å². The number of hydrogen-bond donors (Lipinski definition) is 1. The molecule has 2 rings (SSSR count). The molecule has 15 heavy (non-hydrogen) atoms. The van der Waals surface area contributed by atoms with E-state index in [4.69, 9.17) is 15.0 Å². The van der Waals surface area contributed by atoms with Crippen molar-refractivity contribution in [2.75, 3.05) is 6.54 Å². The van der Waals surface area contributed by atoms with Crippen LogP contribution in [0.5, 0.6) is 0 Å². The van der Waals surface area contributed by atoms with Crippen LogP contribution < -0.4 is 5.73 Å². The molecule has 1 aromatic rings. The highest BCUT2D eigenvalue weighted by atomic mass is 16.5. The first-order chi connectivity index (χ1) is 7.40. The lowest BCUT2D eigenvalue weighted by atomic mass is 9.86. The van der Waals surface area contributed by atoms with Crippen LogP contribution in [0, 0.1) is 5.92 Å². The molecule has 84 valence electrons. The second kappa shape index (κ2) is 5.28. The lowest BCUT2D eigenvalue weighted by Gasteiger charge is -2.30. The summed E-state index contributed by atoms with van der Waals surface area (Å²) >= 11 is 0. The fourth-order valence-electron chi connectivity index (χ4n) is 2.17. The first kappa shape index (κ1) is 10.6. The normalized spacial score (nSPS) is 26.7. The molecule has 1 aromatic heterocycles. The SMILES string of the molecule is NCC1CCCCC1OCc1ccno1. The summed E-state index contributed by atoms with van der Waals surface area (Å²) in [6, 6.07) is 1.83. The van der Waals surface area contributed by atoms with Gasteiger partial charge in [0.1, 0.15) is 6.61 Å². The molecule has 0 aromatic carbocycles. The maximum atomic E-state index is 5.82. The van der Waals surface area contributed by atoms with E-state index >= 15 is 0 Å². The molecule has 1 aliphatic rings. The summed E-state index contributed by atoms with van der Waals surface area (Å²) in [6.07, 6.45) is 6.78. The molecule has 2 atom stereocenters. The van der Waals surface area contributed by atoms with E-state index in [0.29, 0.717) is 18.6 Å². The van der Waals surface area contributed by atoms with Crippen molar-refractivity contribution in [3.05, 3.63) is 18.0 Å². The third-order valence-electron chi connectivity index (χ3n) is 3.07. The standard InChI is InChI=1S/C11H18N2O2/c12-7-9-3-1-2-4-11(9)14-8-10-5-6-13-15-10/h5-6,9,11H,1-4,7-8,12H2. The van der Waals surface area contributed by atoms with Crippen LogP contribution in [0.15, 0.2) is 16.8 Å². The Labute approximate surface area is 89.8 Å². The Hall–Kier alpha value is -0.870. The number of aromatic nitrogens is 1. The molecule has 0 bridgehead atoms. The second-order valence-corrected chi connectivity index (χ2v) is 4.11. The molecule has 0 aliphatic heterocycles. The van der Waals surface area contributed by atoms with E-state index < -0.39 is 0 Å². The van der Waals surface area contributed by atoms with Gasteiger partial charge in [0.15, 0.2) is 5.76 Å². The smallest absolute Gasteiger partial charge is 0.162 e. The second-order valence-electron chi connectivity index (χ2n) is 4.11. The molecule has 1 heterocycles. The van der Waals surface area contributed by atoms with Crippen molar-refractivity contribution in [1.82, 2.24) is 5.16 Å². The van der Waals surface area contributed by atoms with Crippen molar-refractivity contribution in [2.45, 2.75) is 38.4 Å². The molecule has 1 aliphatic carbocycles. The summed E-state index contributed by atoms with van der Waals surface area (Å²) in [5.74, 6) is 1.30. The molecular formula is C11H18N2O2. The summed E-state index contributed by atoms with van der Waals surface area (Å²) in [6.45, 7) is 1.24. The number of nitrogens with zero attached hydrogens (tertiary/aromatic N) is 1. The Morgan fingerprint density at radius 3 is 3.07 bits per heavy atom. The van der Waals surface area contributed by atoms with E-state index in [2.05, 4.69) is 5.16 Å². The van der Waals surface area contributed by atoms with Gasteiger partial charge in [-0.05, 0) is 25.3 Å². The maximum absolute atomic E-state index is 5.82. The van der Waals surface area contributed by atoms with E-state index in [1.807, 2.05) is 6.07 Å². The van der Waals surface area contributed by atoms with Crippen LogP contribution >= 0.6 is 0 Å². The van der Waals surface area contributed by atoms with Crippen molar-refractivity contribution < 1.29 is 9.26 Å². The Bertz CT molecular complexity index is 274. The minimum atomic E-state index is 0.300. The summed E-state index contributed by atoms with van der Waals surface area (Å²) in [5, 5.41) is 3.65. The Kier molecular flexibility index (Phi) is 3.75. The molecule has 0 amide bonds. The molecule has 0 saturated heterocycles. The first-order valence-corrected chi connectivity index (χ1v) is 5.61. The highest BCUT2D eigenvalue weighted by molar-refractivity contribution is 4.90. The largest absolute Gasteiger partial charge is 0.370 e. The third kappa shape index (κ3) is 2.79. The average molecular weight is 210 g/mol. The first-order valence-electron chi connectivity index (χ1n) is 5.61. The van der Waals surface area contributed by atoms with Gasteiger partial charge in [-0.15, -0.1) is 0 Å². The molecule has 2 unspecified atom stereocenters. The summed E-state index contributed by atoms with van der Waals surface area (Å²) in [5.41, 5.74) is 5.73. The molecule has 4 nitrogen and oxygen atoms in total. The van der Waals surface area contributed by atoms with Crippen molar-refractivity contribution in [1.29, 1.82) is 0 Å². The van der Waals surface area contributed by atoms with E-state index in [1.165, 1.54) is 19.3 Å². The number of nitrogens with two attached hydrogens (primary N) is 1. The van der Waals surface area contributed by atoms with Crippen molar-refractivity contribution in [3.8, 4) is 0 Å². The van der Waals surface area contributed by atoms with Crippen molar-refractivity contribution >= 4 is 0 Å². The Morgan fingerprint density at radius 1 is 1.47 bits per heavy atom. The third-order valence-corrected chi connectivity index (χ3v) is 3.07. The zero-order valence-electron chi connectivity index (χ0n) is 8.89. The van der Waals surface area contributed by atoms with Crippen LogP contribution in [-0.4, -0.2) is 17.8 Å². The lowest BCUT2D eigenvalue weighted by Crippen LogP contribution is -2.33. The van der Waals surface area contributed by atoms with Crippen molar-refractivity contribution in [2.24, 2.45) is 11.7 Å². The van der Waals surface area contributed by atoms with Gasteiger partial charge in [-0.3, -0.25) is 0 Å². The van der Waals surface area contributed by atoms with Gasteiger partial charge in [0.25, 0.3) is 0 Å². The van der Waals surface area contributed by atoms with Crippen LogP contribution in [0.2, 0.25) is 0 Å². The Morgan fingerprint density at radius 2 is 2.33 bits per heavy atom. The Balaban J connectivity index is 1.81. The van der Waals surface area contributed by atoms with Gasteiger partial charge in [-0.1, -0.05) is 18.0 Å². The van der Waals surface area contributed by atoms with Crippen LogP contribution in [0.1, 0.15) is 31.4 Å². The van der Waals surface area contributed by atoms with E-state index in [-0.39, 0.29) is 0 Å². The topological polar surface area (TPSA) is 61.3 Å². The quantitative estimate of drug-likeness (QED) is 0.821. The van der Waals surface area contributed by atoms with Crippen LogP contribution in [0.25, 0.3) is 0 Å². The maximum Gasteiger partial charge on any atom is 0.162 e. The van der Waals surface area contributed by atoms with Crippen LogP contribution in [-0.2, 0) is 11.3 Å². The predicted molar refractivity (Wildman–Crippen MR) is 56.1 cm³/mol. The molecule has 4 heteroatoms. The molecule has 1 fully saturated rings. The number of rotatable bonds is 4. The van der Waals surface area contributed by atoms with Crippen molar-refractivity contribution in [3.63, 3.8) is 0 Å². The van der Waals surface area contributed by atoms with Gasteiger partial charge in [0, 0.05) is 6.07 Å². The minimum absolute atomic E-state index is 0.300. The van der Waals surface area contributed by atoms with Gasteiger partial charge in [0.2, 0.25) is 0 Å². The molecular weight excluding hydrogens is 192 g/mol. The minimum Gasteiger partial charge on any atom is -0.370 e. The van der Waals surface area contributed by atoms with Gasteiger partial charge in [-0.2, -0.15) is 0 Å². The number of hydrogen-bond acceptors (Lipinski definition) is 4. The summed E-state index contributed by atoms with van der Waals surface area (Å²) < 4.78 is 10.8. The van der Waals surface area contributed by atoms with Gasteiger partial charge >= 0.3 is 0 Å². The zero-order valence-corrected chi connectivity index (χ0v) is 8.89. The van der Waals surface area contributed by atoms with Gasteiger partial charge in [0.05, 0.1) is 12.3 Å². The monoisotopic (exact) mass is 210 g/mol. The predicted octanol–water partition coefficient (Wildman–Crippen LogP) is 1.71. The van der Waals surface area contributed by atoms with E-state index in [1.54, 1.807) is 6.20 Å². The van der Waals surface area contributed by atoms with E-state index in [0.717, 1.165) is 18.7 Å². The lowest BCUT2D eigenvalue weighted by molar-refractivity contribution is -0.0261. The van der Waals surface area contributed by atoms with Gasteiger partial charge < -0.3 is 15.0 Å². The summed E-state index contributed by atoms with van der Waals surface area (Å²) in [7, 11) is 0. The summed E-state index contributed by atoms with van der Waals surface area (Å²) in [4.78, 5) is 0. The molecule has 0 radical (unpaired) electrons. The molecule has 2 N–H and O–H groups in total. The number of ether oxygens (including phenoxy) is 1. The fourth-order valence-corrected chi connectivity index (χ4v) is 2.17. The van der Waals surface area contributed by atoms with Gasteiger partial charge in [-0.25, -0.2) is 0 Å². The van der Waals surface area contributed by atoms with Crippen LogP contribution in [0.4, 0.5) is 0 Å². The highest BCUT2D eigenvalue weighted by Crippen LogP contribution is 2.26. The zero-order chi connectivity index (χ0) is 10.5. The molecule has 0 spiro atoms. The average Bonchev–Trinajstić information content (AvgIpc) is 2.79. The fraction of sp³-hybridized carbons (Fsp3) is 0.727. The highest BCUT2D eigenvalue weighted by Gasteiger charge is 2.24. The molecule has 1 saturated carbocycles.